The molecule has 1 heterocycles. The van der Waals surface area contributed by atoms with Crippen molar-refractivity contribution in [3.05, 3.63) is 0 Å². The highest BCUT2D eigenvalue weighted by Gasteiger charge is 2.56. The lowest BCUT2D eigenvalue weighted by molar-refractivity contribution is -0.232. The van der Waals surface area contributed by atoms with Gasteiger partial charge >= 0.3 is 35.8 Å². The number of rotatable bonds is 11. The van der Waals surface area contributed by atoms with Gasteiger partial charge in [-0.25, -0.2) is 9.18 Å². The van der Waals surface area contributed by atoms with Gasteiger partial charge in [-0.05, 0) is 0 Å². The van der Waals surface area contributed by atoms with E-state index in [1.165, 1.54) is 0 Å². The Hall–Kier alpha value is -3.82. The van der Waals surface area contributed by atoms with Crippen molar-refractivity contribution in [3.63, 3.8) is 0 Å². The van der Waals surface area contributed by atoms with E-state index in [1.54, 1.807) is 0 Å². The van der Waals surface area contributed by atoms with Crippen LogP contribution in [0.1, 0.15) is 34.6 Å². The molecule has 0 aliphatic carbocycles. The van der Waals surface area contributed by atoms with E-state index in [4.69, 9.17) is 23.7 Å². The molecule has 1 aliphatic heterocycles. The Balaban J connectivity index is 3.67. The number of alkyl halides is 1. The second kappa shape index (κ2) is 14.8. The first-order valence-corrected chi connectivity index (χ1v) is 11.1. The number of amides is 1. The van der Waals surface area contributed by atoms with Gasteiger partial charge in [0.2, 0.25) is 0 Å². The quantitative estimate of drug-likeness (QED) is 0.234. The van der Waals surface area contributed by atoms with Crippen molar-refractivity contribution < 1.29 is 71.1 Å². The van der Waals surface area contributed by atoms with E-state index < -0.39 is 97.7 Å². The van der Waals surface area contributed by atoms with Gasteiger partial charge in [0.1, 0.15) is 12.7 Å². The molecule has 4 unspecified atom stereocenters. The molecule has 38 heavy (non-hydrogen) atoms. The summed E-state index contributed by atoms with van der Waals surface area (Å²) in [5.41, 5.74) is 0. The van der Waals surface area contributed by atoms with Crippen LogP contribution in [0.2, 0.25) is 0 Å². The van der Waals surface area contributed by atoms with Crippen molar-refractivity contribution in [3.8, 4) is 0 Å². The van der Waals surface area contributed by atoms with Gasteiger partial charge in [0, 0.05) is 34.6 Å². The highest BCUT2D eigenvalue weighted by molar-refractivity contribution is 5.81. The van der Waals surface area contributed by atoms with Crippen LogP contribution in [-0.2, 0) is 66.7 Å². The first kappa shape index (κ1) is 32.2. The summed E-state index contributed by atoms with van der Waals surface area (Å²) in [4.78, 5) is 83.0. The van der Waals surface area contributed by atoms with Crippen LogP contribution in [0.3, 0.4) is 0 Å². The molecule has 0 aromatic carbocycles. The van der Waals surface area contributed by atoms with Gasteiger partial charge in [0.15, 0.2) is 37.2 Å². The number of esters is 6. The standard InChI is InChI=1S/C22H30FNO14/c1-9(25)33-7-14(35-11(3)27)18(36-12(4)28)21-17(24-15(30)8-34-10(2)26)19(37-13(5)29)16(23)20(38-21)22(31)32-6/h14,16-21H,7-8H2,1-6H3,(H,24,30)/t14-,16?,17-,18-,19?,20?,21?/m1/s1. The topological polar surface area (TPSA) is 196 Å². The molecule has 16 heteroatoms. The number of halogens is 1. The number of ether oxygens (including phenoxy) is 7. The van der Waals surface area contributed by atoms with Crippen LogP contribution < -0.4 is 5.32 Å². The lowest BCUT2D eigenvalue weighted by Crippen LogP contribution is -2.69. The third-order valence-electron chi connectivity index (χ3n) is 4.84. The fourth-order valence-electron chi connectivity index (χ4n) is 3.51. The summed E-state index contributed by atoms with van der Waals surface area (Å²) in [6.07, 6.45) is -11.6. The Morgan fingerprint density at radius 3 is 1.89 bits per heavy atom. The number of hydrogen-bond acceptors (Lipinski definition) is 14. The van der Waals surface area contributed by atoms with Gasteiger partial charge < -0.3 is 38.5 Å². The zero-order valence-corrected chi connectivity index (χ0v) is 21.5. The zero-order valence-electron chi connectivity index (χ0n) is 21.5. The smallest absolute Gasteiger partial charge is 0.338 e. The van der Waals surface area contributed by atoms with E-state index in [0.29, 0.717) is 0 Å². The van der Waals surface area contributed by atoms with Gasteiger partial charge in [0.05, 0.1) is 13.2 Å². The minimum atomic E-state index is -2.42. The predicted octanol–water partition coefficient (Wildman–Crippen LogP) is -1.33. The van der Waals surface area contributed by atoms with Gasteiger partial charge in [-0.15, -0.1) is 0 Å². The summed E-state index contributed by atoms with van der Waals surface area (Å²) >= 11 is 0. The molecule has 15 nitrogen and oxygen atoms in total. The molecule has 0 radical (unpaired) electrons. The molecular weight excluding hydrogens is 521 g/mol. The van der Waals surface area contributed by atoms with E-state index in [9.17, 15) is 33.6 Å². The van der Waals surface area contributed by atoms with Gasteiger partial charge in [0.25, 0.3) is 5.91 Å². The molecule has 1 rings (SSSR count). The van der Waals surface area contributed by atoms with Crippen molar-refractivity contribution in [2.75, 3.05) is 20.3 Å². The summed E-state index contributed by atoms with van der Waals surface area (Å²) in [7, 11) is 0.924. The van der Waals surface area contributed by atoms with E-state index in [0.717, 1.165) is 41.7 Å². The third-order valence-corrected chi connectivity index (χ3v) is 4.84. The third kappa shape index (κ3) is 9.91. The van der Waals surface area contributed by atoms with Crippen molar-refractivity contribution in [1.82, 2.24) is 5.32 Å². The molecule has 0 saturated carbocycles. The van der Waals surface area contributed by atoms with Crippen LogP contribution in [0.15, 0.2) is 0 Å². The summed E-state index contributed by atoms with van der Waals surface area (Å²) in [5.74, 6) is -6.84. The maximum absolute atomic E-state index is 15.5. The molecule has 0 spiro atoms. The maximum Gasteiger partial charge on any atom is 0.338 e. The summed E-state index contributed by atoms with van der Waals surface area (Å²) in [5, 5.41) is 2.26. The molecule has 0 aromatic rings. The minimum Gasteiger partial charge on any atom is -0.467 e. The second-order valence-electron chi connectivity index (χ2n) is 7.96. The molecule has 1 saturated heterocycles. The molecule has 0 aromatic heterocycles. The van der Waals surface area contributed by atoms with Crippen LogP contribution in [0, 0.1) is 0 Å². The monoisotopic (exact) mass is 551 g/mol. The molecule has 1 fully saturated rings. The van der Waals surface area contributed by atoms with Crippen LogP contribution in [0.25, 0.3) is 0 Å². The minimum absolute atomic E-state index is 0.693. The number of carbonyl (C=O) groups is 7. The van der Waals surface area contributed by atoms with E-state index in [-0.39, 0.29) is 0 Å². The highest BCUT2D eigenvalue weighted by Crippen LogP contribution is 2.31. The summed E-state index contributed by atoms with van der Waals surface area (Å²) in [6.45, 7) is 3.40. The van der Waals surface area contributed by atoms with E-state index in [2.05, 4.69) is 14.8 Å². The Kier molecular flexibility index (Phi) is 12.5. The van der Waals surface area contributed by atoms with Crippen molar-refractivity contribution in [2.24, 2.45) is 0 Å². The number of hydrogen-bond donors (Lipinski definition) is 1. The molecule has 1 amide bonds. The lowest BCUT2D eigenvalue weighted by Gasteiger charge is -2.45. The first-order valence-electron chi connectivity index (χ1n) is 11.1. The van der Waals surface area contributed by atoms with Crippen molar-refractivity contribution in [1.29, 1.82) is 0 Å². The van der Waals surface area contributed by atoms with Gasteiger partial charge in [-0.3, -0.25) is 28.8 Å². The Morgan fingerprint density at radius 1 is 0.842 bits per heavy atom. The highest BCUT2D eigenvalue weighted by atomic mass is 19.1. The molecule has 214 valence electrons. The number of carbonyl (C=O) groups excluding carboxylic acids is 7. The summed E-state index contributed by atoms with van der Waals surface area (Å²) < 4.78 is 50.6. The predicted molar refractivity (Wildman–Crippen MR) is 117 cm³/mol. The average Bonchev–Trinajstić information content (AvgIpc) is 2.80. The van der Waals surface area contributed by atoms with Crippen LogP contribution >= 0.6 is 0 Å². The largest absolute Gasteiger partial charge is 0.467 e. The van der Waals surface area contributed by atoms with Crippen LogP contribution in [0.4, 0.5) is 4.39 Å². The van der Waals surface area contributed by atoms with Gasteiger partial charge in [-0.1, -0.05) is 0 Å². The molecular formula is C22H30FNO14. The summed E-state index contributed by atoms with van der Waals surface area (Å²) in [6, 6.07) is -1.72. The fourth-order valence-corrected chi connectivity index (χ4v) is 3.51. The molecule has 1 aliphatic rings. The Labute approximate surface area is 216 Å². The zero-order chi connectivity index (χ0) is 29.2. The average molecular weight is 551 g/mol. The lowest BCUT2D eigenvalue weighted by atomic mass is 9.88. The SMILES string of the molecule is COC(=O)C1OC([C@H](OC(C)=O)[C@@H](COC(C)=O)OC(C)=O)[C@H](NC(=O)COC(C)=O)C(OC(C)=O)C1F. The molecule has 0 bridgehead atoms. The van der Waals surface area contributed by atoms with Crippen molar-refractivity contribution in [2.45, 2.75) is 77.4 Å². The maximum atomic E-state index is 15.5. The van der Waals surface area contributed by atoms with Gasteiger partial charge in [-0.2, -0.15) is 0 Å². The van der Waals surface area contributed by atoms with Crippen LogP contribution in [-0.4, -0.2) is 105 Å². The van der Waals surface area contributed by atoms with E-state index >= 15 is 4.39 Å². The Bertz CT molecular complexity index is 924. The van der Waals surface area contributed by atoms with Crippen LogP contribution in [0.5, 0.6) is 0 Å². The fraction of sp³-hybridized carbons (Fsp3) is 0.682. The second-order valence-corrected chi connectivity index (χ2v) is 7.96. The molecule has 1 N–H and O–H groups in total. The number of nitrogens with one attached hydrogen (secondary N) is 1. The normalized spacial score (nSPS) is 24.0. The molecule has 7 atom stereocenters. The Morgan fingerprint density at radius 2 is 1.42 bits per heavy atom. The first-order chi connectivity index (χ1) is 17.7. The number of methoxy groups -OCH3 is 1. The van der Waals surface area contributed by atoms with E-state index in [1.807, 2.05) is 0 Å². The van der Waals surface area contributed by atoms with Crippen molar-refractivity contribution >= 4 is 41.7 Å².